The number of hydrogen-bond donors (Lipinski definition) is 1. The SMILES string of the molecule is CCNCCc1ccccc1COC1CCCC(OC)C1. The minimum atomic E-state index is 0.352. The van der Waals surface area contributed by atoms with Crippen molar-refractivity contribution in [1.29, 1.82) is 0 Å². The third kappa shape index (κ3) is 5.42. The predicted octanol–water partition coefficient (Wildman–Crippen LogP) is 3.31. The van der Waals surface area contributed by atoms with E-state index < -0.39 is 0 Å². The summed E-state index contributed by atoms with van der Waals surface area (Å²) in [5.41, 5.74) is 2.73. The van der Waals surface area contributed by atoms with Crippen molar-refractivity contribution < 1.29 is 9.47 Å². The average molecular weight is 291 g/mol. The molecule has 1 saturated carbocycles. The number of rotatable bonds is 8. The van der Waals surface area contributed by atoms with Gasteiger partial charge < -0.3 is 14.8 Å². The molecule has 1 aromatic carbocycles. The summed E-state index contributed by atoms with van der Waals surface area (Å²) in [7, 11) is 1.81. The molecule has 0 radical (unpaired) electrons. The highest BCUT2D eigenvalue weighted by Gasteiger charge is 2.22. The summed E-state index contributed by atoms with van der Waals surface area (Å²) in [6, 6.07) is 8.63. The molecule has 1 aliphatic carbocycles. The van der Waals surface area contributed by atoms with Crippen LogP contribution in [0.4, 0.5) is 0 Å². The van der Waals surface area contributed by atoms with Crippen LogP contribution in [-0.4, -0.2) is 32.4 Å². The topological polar surface area (TPSA) is 30.5 Å². The number of benzene rings is 1. The molecule has 0 saturated heterocycles. The molecule has 0 aromatic heterocycles. The summed E-state index contributed by atoms with van der Waals surface area (Å²) < 4.78 is 11.6. The average Bonchev–Trinajstić information content (AvgIpc) is 2.54. The molecule has 0 bridgehead atoms. The molecule has 21 heavy (non-hydrogen) atoms. The maximum Gasteiger partial charge on any atom is 0.0723 e. The Balaban J connectivity index is 1.84. The highest BCUT2D eigenvalue weighted by molar-refractivity contribution is 5.26. The lowest BCUT2D eigenvalue weighted by Gasteiger charge is -2.28. The first-order chi connectivity index (χ1) is 10.3. The van der Waals surface area contributed by atoms with Crippen LogP contribution in [0, 0.1) is 0 Å². The first-order valence-corrected chi connectivity index (χ1v) is 8.25. The Labute approximate surface area is 129 Å². The lowest BCUT2D eigenvalue weighted by Crippen LogP contribution is -2.27. The predicted molar refractivity (Wildman–Crippen MR) is 86.5 cm³/mol. The fraction of sp³-hybridized carbons (Fsp3) is 0.667. The number of ether oxygens (including phenoxy) is 2. The number of methoxy groups -OCH3 is 1. The summed E-state index contributed by atoms with van der Waals surface area (Å²) in [6.45, 7) is 4.93. The minimum absolute atomic E-state index is 0.352. The third-order valence-electron chi connectivity index (χ3n) is 4.33. The molecule has 0 spiro atoms. The summed E-state index contributed by atoms with van der Waals surface area (Å²) in [6.07, 6.45) is 6.40. The summed E-state index contributed by atoms with van der Waals surface area (Å²) in [5, 5.41) is 3.39. The Morgan fingerprint density at radius 2 is 1.90 bits per heavy atom. The monoisotopic (exact) mass is 291 g/mol. The van der Waals surface area contributed by atoms with Crippen molar-refractivity contribution in [3.63, 3.8) is 0 Å². The molecule has 2 unspecified atom stereocenters. The maximum absolute atomic E-state index is 6.15. The van der Waals surface area contributed by atoms with Gasteiger partial charge in [0.05, 0.1) is 18.8 Å². The molecule has 0 amide bonds. The Kier molecular flexibility index (Phi) is 7.20. The van der Waals surface area contributed by atoms with Crippen LogP contribution in [0.15, 0.2) is 24.3 Å². The molecule has 1 N–H and O–H groups in total. The van der Waals surface area contributed by atoms with Gasteiger partial charge in [0, 0.05) is 7.11 Å². The maximum atomic E-state index is 6.15. The van der Waals surface area contributed by atoms with Crippen molar-refractivity contribution in [3.05, 3.63) is 35.4 Å². The van der Waals surface area contributed by atoms with Gasteiger partial charge >= 0.3 is 0 Å². The van der Waals surface area contributed by atoms with Crippen molar-refractivity contribution in [2.24, 2.45) is 0 Å². The second-order valence-electron chi connectivity index (χ2n) is 5.83. The molecule has 3 heteroatoms. The molecule has 1 aliphatic rings. The smallest absolute Gasteiger partial charge is 0.0723 e. The van der Waals surface area contributed by atoms with Crippen LogP contribution in [0.5, 0.6) is 0 Å². The minimum Gasteiger partial charge on any atom is -0.381 e. The quantitative estimate of drug-likeness (QED) is 0.745. The van der Waals surface area contributed by atoms with Crippen molar-refractivity contribution in [2.75, 3.05) is 20.2 Å². The zero-order chi connectivity index (χ0) is 14.9. The van der Waals surface area contributed by atoms with Gasteiger partial charge in [0.15, 0.2) is 0 Å². The Hall–Kier alpha value is -0.900. The molecule has 3 nitrogen and oxygen atoms in total. The van der Waals surface area contributed by atoms with Crippen LogP contribution in [0.25, 0.3) is 0 Å². The molecule has 0 aliphatic heterocycles. The lowest BCUT2D eigenvalue weighted by atomic mass is 9.95. The number of likely N-dealkylation sites (N-methyl/N-ethyl adjacent to an activating group) is 1. The fourth-order valence-electron chi connectivity index (χ4n) is 3.02. The van der Waals surface area contributed by atoms with Gasteiger partial charge in [0.2, 0.25) is 0 Å². The number of hydrogen-bond acceptors (Lipinski definition) is 3. The van der Waals surface area contributed by atoms with Crippen LogP contribution in [-0.2, 0) is 22.5 Å². The molecule has 2 rings (SSSR count). The van der Waals surface area contributed by atoms with E-state index in [1.165, 1.54) is 30.4 Å². The zero-order valence-corrected chi connectivity index (χ0v) is 13.4. The van der Waals surface area contributed by atoms with Crippen molar-refractivity contribution >= 4 is 0 Å². The summed E-state index contributed by atoms with van der Waals surface area (Å²) in [5.74, 6) is 0. The molecule has 2 atom stereocenters. The van der Waals surface area contributed by atoms with E-state index in [4.69, 9.17) is 9.47 Å². The van der Waals surface area contributed by atoms with Gasteiger partial charge in [-0.3, -0.25) is 0 Å². The van der Waals surface area contributed by atoms with E-state index in [-0.39, 0.29) is 0 Å². The van der Waals surface area contributed by atoms with E-state index in [1.807, 2.05) is 7.11 Å². The molecular weight excluding hydrogens is 262 g/mol. The molecule has 1 fully saturated rings. The van der Waals surface area contributed by atoms with Gasteiger partial charge in [-0.15, -0.1) is 0 Å². The standard InChI is InChI=1S/C18H29NO2/c1-3-19-12-11-15-7-4-5-8-16(15)14-21-18-10-6-9-17(13-18)20-2/h4-5,7-8,17-19H,3,6,9-14H2,1-2H3. The zero-order valence-electron chi connectivity index (χ0n) is 13.4. The molecule has 1 aromatic rings. The van der Waals surface area contributed by atoms with Gasteiger partial charge in [-0.25, -0.2) is 0 Å². The van der Waals surface area contributed by atoms with E-state index in [9.17, 15) is 0 Å². The van der Waals surface area contributed by atoms with E-state index in [1.54, 1.807) is 0 Å². The normalized spacial score (nSPS) is 22.4. The Morgan fingerprint density at radius 3 is 2.67 bits per heavy atom. The first-order valence-electron chi connectivity index (χ1n) is 8.25. The van der Waals surface area contributed by atoms with Gasteiger partial charge in [0.25, 0.3) is 0 Å². The van der Waals surface area contributed by atoms with Crippen LogP contribution in [0.1, 0.15) is 43.7 Å². The molecule has 0 heterocycles. The van der Waals surface area contributed by atoms with Crippen LogP contribution < -0.4 is 5.32 Å². The van der Waals surface area contributed by atoms with Gasteiger partial charge in [-0.05, 0) is 56.3 Å². The third-order valence-corrected chi connectivity index (χ3v) is 4.33. The first kappa shape index (κ1) is 16.5. The van der Waals surface area contributed by atoms with E-state index in [0.717, 1.165) is 32.5 Å². The molecule has 118 valence electrons. The van der Waals surface area contributed by atoms with Gasteiger partial charge in [-0.2, -0.15) is 0 Å². The lowest BCUT2D eigenvalue weighted by molar-refractivity contribution is -0.0365. The fourth-order valence-corrected chi connectivity index (χ4v) is 3.02. The van der Waals surface area contributed by atoms with Crippen molar-refractivity contribution in [2.45, 2.75) is 57.8 Å². The second-order valence-corrected chi connectivity index (χ2v) is 5.83. The van der Waals surface area contributed by atoms with Crippen LogP contribution >= 0.6 is 0 Å². The highest BCUT2D eigenvalue weighted by atomic mass is 16.5. The largest absolute Gasteiger partial charge is 0.381 e. The Morgan fingerprint density at radius 1 is 1.14 bits per heavy atom. The van der Waals surface area contributed by atoms with Crippen molar-refractivity contribution in [1.82, 2.24) is 5.32 Å². The Bertz CT molecular complexity index is 408. The van der Waals surface area contributed by atoms with E-state index in [0.29, 0.717) is 12.2 Å². The highest BCUT2D eigenvalue weighted by Crippen LogP contribution is 2.24. The number of nitrogens with one attached hydrogen (secondary N) is 1. The van der Waals surface area contributed by atoms with Gasteiger partial charge in [-0.1, -0.05) is 31.2 Å². The van der Waals surface area contributed by atoms with Crippen LogP contribution in [0.3, 0.4) is 0 Å². The van der Waals surface area contributed by atoms with E-state index >= 15 is 0 Å². The second kappa shape index (κ2) is 9.19. The summed E-state index contributed by atoms with van der Waals surface area (Å²) in [4.78, 5) is 0. The van der Waals surface area contributed by atoms with Gasteiger partial charge in [0.1, 0.15) is 0 Å². The van der Waals surface area contributed by atoms with E-state index in [2.05, 4.69) is 36.5 Å². The summed E-state index contributed by atoms with van der Waals surface area (Å²) >= 11 is 0. The molecular formula is C18H29NO2. The van der Waals surface area contributed by atoms with Crippen LogP contribution in [0.2, 0.25) is 0 Å². The van der Waals surface area contributed by atoms with Crippen molar-refractivity contribution in [3.8, 4) is 0 Å².